The maximum absolute atomic E-state index is 8.33. The molecule has 0 aliphatic carbocycles. The van der Waals surface area contributed by atoms with Gasteiger partial charge in [-0.15, -0.1) is 0 Å². The molecule has 0 saturated heterocycles. The number of ether oxygens (including phenoxy) is 1. The Morgan fingerprint density at radius 3 is 2.92 bits per heavy atom. The molecule has 1 aromatic heterocycles. The first-order valence-corrected chi connectivity index (χ1v) is 3.72. The molecule has 2 N–H and O–H groups in total. The van der Waals surface area contributed by atoms with E-state index in [1.54, 1.807) is 19.4 Å². The third-order valence-electron chi connectivity index (χ3n) is 1.53. The minimum absolute atomic E-state index is 0.536. The van der Waals surface area contributed by atoms with Crippen molar-refractivity contribution >= 4 is 0 Å². The molecule has 0 fully saturated rings. The largest absolute Gasteiger partial charge is 0.481 e. The van der Waals surface area contributed by atoms with Crippen LogP contribution in [0.5, 0.6) is 5.88 Å². The summed E-state index contributed by atoms with van der Waals surface area (Å²) in [5.74, 6) is 0.607. The molecular weight excluding hydrogens is 156 g/mol. The molecule has 0 aromatic carbocycles. The van der Waals surface area contributed by atoms with Crippen LogP contribution in [0.2, 0.25) is 0 Å². The molecule has 0 aliphatic rings. The van der Waals surface area contributed by atoms with Crippen molar-refractivity contribution in [2.75, 3.05) is 13.7 Å². The van der Waals surface area contributed by atoms with E-state index in [0.29, 0.717) is 12.4 Å². The predicted octanol–water partition coefficient (Wildman–Crippen LogP) is 0.612. The average Bonchev–Trinajstić information content (AvgIpc) is 2.15. The van der Waals surface area contributed by atoms with E-state index in [9.17, 15) is 0 Å². The fourth-order valence-electron chi connectivity index (χ4n) is 0.880. The molecule has 0 bridgehead atoms. The van der Waals surface area contributed by atoms with E-state index in [1.807, 2.05) is 6.07 Å². The average molecular weight is 168 g/mol. The van der Waals surface area contributed by atoms with Crippen LogP contribution in [-0.2, 0) is 6.42 Å². The van der Waals surface area contributed by atoms with Crippen molar-refractivity contribution in [2.24, 2.45) is 0 Å². The standard InChI is InChI=1S/C8H12N2O2/c1-12-8-3-2-7(6-9-8)4-5-10-11/h2-3,6,10-11H,4-5H2,1H3. The number of aromatic nitrogens is 1. The Kier molecular flexibility index (Phi) is 3.50. The summed E-state index contributed by atoms with van der Waals surface area (Å²) < 4.78 is 4.90. The van der Waals surface area contributed by atoms with Crippen molar-refractivity contribution in [2.45, 2.75) is 6.42 Å². The number of methoxy groups -OCH3 is 1. The number of nitrogens with one attached hydrogen (secondary N) is 1. The lowest BCUT2D eigenvalue weighted by molar-refractivity contribution is 0.168. The van der Waals surface area contributed by atoms with Gasteiger partial charge in [-0.3, -0.25) is 0 Å². The summed E-state index contributed by atoms with van der Waals surface area (Å²) in [7, 11) is 1.58. The van der Waals surface area contributed by atoms with Crippen molar-refractivity contribution in [3.63, 3.8) is 0 Å². The molecular formula is C8H12N2O2. The Morgan fingerprint density at radius 2 is 2.42 bits per heavy atom. The van der Waals surface area contributed by atoms with Crippen LogP contribution >= 0.6 is 0 Å². The van der Waals surface area contributed by atoms with Crippen molar-refractivity contribution < 1.29 is 9.94 Å². The van der Waals surface area contributed by atoms with Crippen LogP contribution in [0.15, 0.2) is 18.3 Å². The lowest BCUT2D eigenvalue weighted by Gasteiger charge is -2.00. The minimum atomic E-state index is 0.536. The Labute approximate surface area is 71.2 Å². The fraction of sp³-hybridized carbons (Fsp3) is 0.375. The van der Waals surface area contributed by atoms with Crippen LogP contribution in [-0.4, -0.2) is 23.8 Å². The van der Waals surface area contributed by atoms with Crippen molar-refractivity contribution in [1.82, 2.24) is 10.5 Å². The van der Waals surface area contributed by atoms with Crippen LogP contribution in [0.4, 0.5) is 0 Å². The molecule has 0 saturated carbocycles. The van der Waals surface area contributed by atoms with Gasteiger partial charge >= 0.3 is 0 Å². The Bertz CT molecular complexity index is 223. The molecule has 66 valence electrons. The Hall–Kier alpha value is -1.13. The number of hydrogen-bond acceptors (Lipinski definition) is 4. The molecule has 1 aromatic rings. The molecule has 0 radical (unpaired) electrons. The van der Waals surface area contributed by atoms with Gasteiger partial charge in [-0.25, -0.2) is 10.5 Å². The maximum Gasteiger partial charge on any atom is 0.212 e. The zero-order valence-electron chi connectivity index (χ0n) is 6.95. The first kappa shape index (κ1) is 8.96. The molecule has 4 heteroatoms. The molecule has 1 rings (SSSR count). The van der Waals surface area contributed by atoms with Gasteiger partial charge in [-0.2, -0.15) is 0 Å². The summed E-state index contributed by atoms with van der Waals surface area (Å²) in [6.45, 7) is 0.536. The number of rotatable bonds is 4. The summed E-state index contributed by atoms with van der Waals surface area (Å²) in [4.78, 5) is 4.02. The molecule has 0 unspecified atom stereocenters. The maximum atomic E-state index is 8.33. The van der Waals surface area contributed by atoms with Crippen LogP contribution in [0.25, 0.3) is 0 Å². The normalized spacial score (nSPS) is 9.83. The molecule has 0 amide bonds. The van der Waals surface area contributed by atoms with Crippen LogP contribution < -0.4 is 10.2 Å². The topological polar surface area (TPSA) is 54.4 Å². The Morgan fingerprint density at radius 1 is 1.58 bits per heavy atom. The number of hydroxylamine groups is 1. The van der Waals surface area contributed by atoms with Gasteiger partial charge in [-0.05, 0) is 12.0 Å². The van der Waals surface area contributed by atoms with E-state index >= 15 is 0 Å². The van der Waals surface area contributed by atoms with Gasteiger partial charge in [0.15, 0.2) is 0 Å². The quantitative estimate of drug-likeness (QED) is 0.647. The fourth-order valence-corrected chi connectivity index (χ4v) is 0.880. The van der Waals surface area contributed by atoms with E-state index in [-0.39, 0.29) is 0 Å². The van der Waals surface area contributed by atoms with E-state index in [4.69, 9.17) is 9.94 Å². The summed E-state index contributed by atoms with van der Waals surface area (Å²) >= 11 is 0. The summed E-state index contributed by atoms with van der Waals surface area (Å²) in [5.41, 5.74) is 3.15. The van der Waals surface area contributed by atoms with E-state index in [0.717, 1.165) is 12.0 Å². The predicted molar refractivity (Wildman–Crippen MR) is 44.3 cm³/mol. The zero-order valence-corrected chi connectivity index (χ0v) is 6.95. The number of pyridine rings is 1. The second-order valence-electron chi connectivity index (χ2n) is 2.37. The zero-order chi connectivity index (χ0) is 8.81. The number of hydrogen-bond donors (Lipinski definition) is 2. The van der Waals surface area contributed by atoms with Gasteiger partial charge < -0.3 is 9.94 Å². The van der Waals surface area contributed by atoms with Crippen LogP contribution in [0.1, 0.15) is 5.56 Å². The highest BCUT2D eigenvalue weighted by atomic mass is 16.5. The summed E-state index contributed by atoms with van der Waals surface area (Å²) in [6.07, 6.45) is 2.49. The summed E-state index contributed by atoms with van der Waals surface area (Å²) in [6, 6.07) is 3.72. The molecule has 4 nitrogen and oxygen atoms in total. The molecule has 0 aliphatic heterocycles. The van der Waals surface area contributed by atoms with E-state index in [1.165, 1.54) is 0 Å². The first-order chi connectivity index (χ1) is 5.86. The lowest BCUT2D eigenvalue weighted by atomic mass is 10.2. The van der Waals surface area contributed by atoms with E-state index < -0.39 is 0 Å². The van der Waals surface area contributed by atoms with Crippen molar-refractivity contribution in [1.29, 1.82) is 0 Å². The van der Waals surface area contributed by atoms with Gasteiger partial charge in [-0.1, -0.05) is 6.07 Å². The number of nitrogens with zero attached hydrogens (tertiary/aromatic N) is 1. The van der Waals surface area contributed by atoms with Crippen molar-refractivity contribution in [3.05, 3.63) is 23.9 Å². The van der Waals surface area contributed by atoms with Gasteiger partial charge in [0.05, 0.1) is 7.11 Å². The third kappa shape index (κ3) is 2.48. The van der Waals surface area contributed by atoms with Crippen molar-refractivity contribution in [3.8, 4) is 5.88 Å². The highest BCUT2D eigenvalue weighted by Crippen LogP contribution is 2.06. The van der Waals surface area contributed by atoms with Gasteiger partial charge in [0, 0.05) is 18.8 Å². The second-order valence-corrected chi connectivity index (χ2v) is 2.37. The smallest absolute Gasteiger partial charge is 0.212 e. The molecule has 1 heterocycles. The molecule has 0 atom stereocenters. The second kappa shape index (κ2) is 4.69. The Balaban J connectivity index is 2.53. The van der Waals surface area contributed by atoms with Gasteiger partial charge in [0.1, 0.15) is 0 Å². The first-order valence-electron chi connectivity index (χ1n) is 3.72. The van der Waals surface area contributed by atoms with Gasteiger partial charge in [0.2, 0.25) is 5.88 Å². The van der Waals surface area contributed by atoms with Crippen LogP contribution in [0, 0.1) is 0 Å². The third-order valence-corrected chi connectivity index (χ3v) is 1.53. The lowest BCUT2D eigenvalue weighted by Crippen LogP contribution is -2.11. The van der Waals surface area contributed by atoms with E-state index in [2.05, 4.69) is 10.5 Å². The van der Waals surface area contributed by atoms with Crippen LogP contribution in [0.3, 0.4) is 0 Å². The SMILES string of the molecule is COc1ccc(CCNO)cn1. The monoisotopic (exact) mass is 168 g/mol. The molecule has 12 heavy (non-hydrogen) atoms. The highest BCUT2D eigenvalue weighted by molar-refractivity contribution is 5.17. The van der Waals surface area contributed by atoms with Gasteiger partial charge in [0.25, 0.3) is 0 Å². The summed E-state index contributed by atoms with van der Waals surface area (Å²) in [5, 5.41) is 8.33. The molecule has 0 spiro atoms. The minimum Gasteiger partial charge on any atom is -0.481 e. The highest BCUT2D eigenvalue weighted by Gasteiger charge is 1.94.